The Bertz CT molecular complexity index is 749. The number of hydroxylamine groups is 1. The smallest absolute Gasteiger partial charge is 0.268 e. The van der Waals surface area contributed by atoms with Crippen molar-refractivity contribution in [1.29, 1.82) is 0 Å². The van der Waals surface area contributed by atoms with Gasteiger partial charge in [0.05, 0.1) is 0 Å². The number of methoxy groups -OCH3 is 1. The maximum Gasteiger partial charge on any atom is 0.268 e. The molecule has 178 valence electrons. The molecule has 1 aromatic rings. The van der Waals surface area contributed by atoms with Crippen molar-refractivity contribution in [2.75, 3.05) is 20.3 Å². The Kier molecular flexibility index (Phi) is 12.3. The molecule has 3 amide bonds. The summed E-state index contributed by atoms with van der Waals surface area (Å²) in [6.07, 6.45) is 4.48. The Morgan fingerprint density at radius 2 is 1.72 bits per heavy atom. The molecule has 0 aliphatic rings. The second kappa shape index (κ2) is 14.4. The minimum Gasteiger partial charge on any atom is -0.375 e. The van der Waals surface area contributed by atoms with Crippen LogP contribution in [0.3, 0.4) is 0 Å². The molecule has 0 aliphatic carbocycles. The van der Waals surface area contributed by atoms with Crippen LogP contribution >= 0.6 is 0 Å². The number of nitrogens with one attached hydrogen (secondary N) is 1. The van der Waals surface area contributed by atoms with Gasteiger partial charge in [0.15, 0.2) is 0 Å². The summed E-state index contributed by atoms with van der Waals surface area (Å²) in [5.41, 5.74) is 2.59. The first-order valence-corrected chi connectivity index (χ1v) is 11.0. The van der Waals surface area contributed by atoms with Crippen molar-refractivity contribution in [2.24, 2.45) is 11.8 Å². The van der Waals surface area contributed by atoms with Crippen molar-refractivity contribution < 1.29 is 24.3 Å². The maximum atomic E-state index is 13.3. The minimum atomic E-state index is -1.10. The zero-order valence-corrected chi connectivity index (χ0v) is 19.8. The summed E-state index contributed by atoms with van der Waals surface area (Å²) >= 11 is 0. The number of nitrogens with zero attached hydrogens (tertiary/aromatic N) is 2. The molecule has 0 aliphatic heterocycles. The van der Waals surface area contributed by atoms with Crippen molar-refractivity contribution in [3.05, 3.63) is 42.0 Å². The molecule has 0 saturated carbocycles. The summed E-state index contributed by atoms with van der Waals surface area (Å²) in [4.78, 5) is 38.8. The van der Waals surface area contributed by atoms with Gasteiger partial charge in [-0.2, -0.15) is 0 Å². The minimum absolute atomic E-state index is 0.0360. The zero-order chi connectivity index (χ0) is 24.1. The fourth-order valence-corrected chi connectivity index (χ4v) is 3.15. The third-order valence-corrected chi connectivity index (χ3v) is 4.72. The first-order valence-electron chi connectivity index (χ1n) is 11.0. The van der Waals surface area contributed by atoms with Crippen LogP contribution in [0.1, 0.15) is 52.5 Å². The Morgan fingerprint density at radius 3 is 2.25 bits per heavy atom. The number of hydrogen-bond acceptors (Lipinski definition) is 5. The highest BCUT2D eigenvalue weighted by atomic mass is 16.5. The zero-order valence-electron chi connectivity index (χ0n) is 19.8. The van der Waals surface area contributed by atoms with Crippen LogP contribution in [0.4, 0.5) is 0 Å². The van der Waals surface area contributed by atoms with Gasteiger partial charge in [0.1, 0.15) is 12.6 Å². The standard InChI is InChI=1S/C24H37N3O5/c1-18(2)14-15-22(28)27(26(16-19(3)4)23(29)17-32-5)21(24(30)25-31)13-9-12-20-10-7-6-8-11-20/h6-12,18-19,21,31H,13-17H2,1-5H3,(H,25,30)/t21-/m0/s1. The average Bonchev–Trinajstić information content (AvgIpc) is 2.76. The quantitative estimate of drug-likeness (QED) is 0.378. The molecule has 0 saturated heterocycles. The van der Waals surface area contributed by atoms with Crippen LogP contribution in [-0.4, -0.2) is 59.2 Å². The van der Waals surface area contributed by atoms with Gasteiger partial charge in [-0.05, 0) is 30.2 Å². The SMILES string of the molecule is COCC(=O)N(CC(C)C)N(C(=O)CCC(C)C)[C@@H](CC=Cc1ccccc1)C(=O)NO. The number of carbonyl (C=O) groups excluding carboxylic acids is 3. The monoisotopic (exact) mass is 447 g/mol. The lowest BCUT2D eigenvalue weighted by Gasteiger charge is -2.40. The van der Waals surface area contributed by atoms with Crippen LogP contribution in [-0.2, 0) is 19.1 Å². The van der Waals surface area contributed by atoms with E-state index in [4.69, 9.17) is 4.74 Å². The highest BCUT2D eigenvalue weighted by Gasteiger charge is 2.36. The number of benzene rings is 1. The highest BCUT2D eigenvalue weighted by molar-refractivity contribution is 5.89. The first-order chi connectivity index (χ1) is 15.2. The lowest BCUT2D eigenvalue weighted by atomic mass is 10.1. The molecule has 1 rings (SSSR count). The van der Waals surface area contributed by atoms with Gasteiger partial charge in [-0.15, -0.1) is 0 Å². The van der Waals surface area contributed by atoms with Gasteiger partial charge in [-0.3, -0.25) is 19.6 Å². The van der Waals surface area contributed by atoms with Crippen molar-refractivity contribution in [1.82, 2.24) is 15.5 Å². The molecule has 0 heterocycles. The van der Waals surface area contributed by atoms with Gasteiger partial charge in [0, 0.05) is 20.1 Å². The third-order valence-electron chi connectivity index (χ3n) is 4.72. The Morgan fingerprint density at radius 1 is 1.06 bits per heavy atom. The molecule has 1 aromatic carbocycles. The van der Waals surface area contributed by atoms with E-state index in [0.29, 0.717) is 6.42 Å². The molecule has 0 unspecified atom stereocenters. The van der Waals surface area contributed by atoms with Gasteiger partial charge in [-0.1, -0.05) is 70.2 Å². The van der Waals surface area contributed by atoms with E-state index in [1.165, 1.54) is 17.1 Å². The molecule has 1 atom stereocenters. The maximum absolute atomic E-state index is 13.3. The van der Waals surface area contributed by atoms with E-state index >= 15 is 0 Å². The number of hydrogen-bond donors (Lipinski definition) is 2. The number of hydrazine groups is 1. The average molecular weight is 448 g/mol. The van der Waals surface area contributed by atoms with E-state index in [1.54, 1.807) is 11.6 Å². The molecule has 0 aromatic heterocycles. The summed E-state index contributed by atoms with van der Waals surface area (Å²) in [5, 5.41) is 11.9. The summed E-state index contributed by atoms with van der Waals surface area (Å²) in [5.74, 6) is -1.24. The number of amides is 3. The van der Waals surface area contributed by atoms with Crippen molar-refractivity contribution in [3.8, 4) is 0 Å². The molecule has 2 N–H and O–H groups in total. The summed E-state index contributed by atoms with van der Waals surface area (Å²) < 4.78 is 5.01. The van der Waals surface area contributed by atoms with E-state index in [9.17, 15) is 19.6 Å². The number of rotatable bonds is 12. The normalized spacial score (nSPS) is 12.2. The van der Waals surface area contributed by atoms with Gasteiger partial charge < -0.3 is 4.74 Å². The van der Waals surface area contributed by atoms with Crippen LogP contribution < -0.4 is 5.48 Å². The highest BCUT2D eigenvalue weighted by Crippen LogP contribution is 2.18. The third kappa shape index (κ3) is 9.20. The van der Waals surface area contributed by atoms with Crippen LogP contribution in [0.25, 0.3) is 6.08 Å². The molecular formula is C24H37N3O5. The molecule has 0 radical (unpaired) electrons. The predicted octanol–water partition coefficient (Wildman–Crippen LogP) is 3.27. The first kappa shape index (κ1) is 27.3. The second-order valence-electron chi connectivity index (χ2n) is 8.51. The van der Waals surface area contributed by atoms with Crippen molar-refractivity contribution in [2.45, 2.75) is 53.0 Å². The molecule has 32 heavy (non-hydrogen) atoms. The van der Waals surface area contributed by atoms with E-state index < -0.39 is 17.9 Å². The van der Waals surface area contributed by atoms with Crippen molar-refractivity contribution in [3.63, 3.8) is 0 Å². The fraction of sp³-hybridized carbons (Fsp3) is 0.542. The van der Waals surface area contributed by atoms with Gasteiger partial charge in [0.25, 0.3) is 11.8 Å². The second-order valence-corrected chi connectivity index (χ2v) is 8.51. The Hall–Kier alpha value is -2.71. The molecule has 0 spiro atoms. The molecule has 0 fully saturated rings. The van der Waals surface area contributed by atoms with E-state index in [2.05, 4.69) is 0 Å². The number of carbonyl (C=O) groups is 3. The van der Waals surface area contributed by atoms with Crippen LogP contribution in [0.15, 0.2) is 36.4 Å². The number of ether oxygens (including phenoxy) is 1. The summed E-state index contributed by atoms with van der Waals surface area (Å²) in [7, 11) is 1.40. The topological polar surface area (TPSA) is 99.2 Å². The molecule has 0 bridgehead atoms. The van der Waals surface area contributed by atoms with E-state index in [1.807, 2.05) is 64.1 Å². The van der Waals surface area contributed by atoms with E-state index in [0.717, 1.165) is 5.56 Å². The van der Waals surface area contributed by atoms with Crippen LogP contribution in [0.5, 0.6) is 0 Å². The van der Waals surface area contributed by atoms with Crippen LogP contribution in [0, 0.1) is 11.8 Å². The Balaban J connectivity index is 3.33. The molecule has 8 nitrogen and oxygen atoms in total. The lowest BCUT2D eigenvalue weighted by Crippen LogP contribution is -2.60. The largest absolute Gasteiger partial charge is 0.375 e. The van der Waals surface area contributed by atoms with Gasteiger partial charge in [0.2, 0.25) is 5.91 Å². The van der Waals surface area contributed by atoms with Gasteiger partial charge in [-0.25, -0.2) is 15.5 Å². The summed E-state index contributed by atoms with van der Waals surface area (Å²) in [6, 6.07) is 8.42. The summed E-state index contributed by atoms with van der Waals surface area (Å²) in [6.45, 7) is 7.84. The predicted molar refractivity (Wildman–Crippen MR) is 123 cm³/mol. The van der Waals surface area contributed by atoms with E-state index in [-0.39, 0.29) is 43.7 Å². The van der Waals surface area contributed by atoms with Gasteiger partial charge >= 0.3 is 0 Å². The van der Waals surface area contributed by atoms with Crippen molar-refractivity contribution >= 4 is 23.8 Å². The fourth-order valence-electron chi connectivity index (χ4n) is 3.15. The Labute approximate surface area is 191 Å². The molecule has 8 heteroatoms. The van der Waals surface area contributed by atoms with Crippen LogP contribution in [0.2, 0.25) is 0 Å². The lowest BCUT2D eigenvalue weighted by molar-refractivity contribution is -0.177. The molecular weight excluding hydrogens is 410 g/mol.